The van der Waals surface area contributed by atoms with Gasteiger partial charge in [0.2, 0.25) is 0 Å². The van der Waals surface area contributed by atoms with Gasteiger partial charge in [-0.2, -0.15) is 0 Å². The molecule has 2 unspecified atom stereocenters. The smallest absolute Gasteiger partial charge is 0.412 e. The first kappa shape index (κ1) is 24.5. The van der Waals surface area contributed by atoms with Crippen molar-refractivity contribution in [1.29, 1.82) is 0 Å². The van der Waals surface area contributed by atoms with E-state index in [9.17, 15) is 19.8 Å². The van der Waals surface area contributed by atoms with Crippen LogP contribution in [0.25, 0.3) is 0 Å². The minimum Gasteiger partial charge on any atom is -0.481 e. The third-order valence-corrected chi connectivity index (χ3v) is 7.21. The average molecular weight is 447 g/mol. The number of carboxylic acid groups (broad SMARTS) is 1. The molecular formula is C25H38N2O5. The molecule has 0 radical (unpaired) electrons. The van der Waals surface area contributed by atoms with E-state index >= 15 is 0 Å². The first-order valence-electron chi connectivity index (χ1n) is 11.9. The number of hydrogen-bond acceptors (Lipinski definition) is 5. The highest BCUT2D eigenvalue weighted by Gasteiger charge is 2.41. The lowest BCUT2D eigenvalue weighted by molar-refractivity contribution is -0.140. The van der Waals surface area contributed by atoms with E-state index in [0.29, 0.717) is 18.7 Å². The van der Waals surface area contributed by atoms with Gasteiger partial charge >= 0.3 is 12.1 Å². The Balaban J connectivity index is 1.66. The molecule has 0 aliphatic heterocycles. The molecule has 2 fully saturated rings. The summed E-state index contributed by atoms with van der Waals surface area (Å²) in [6.07, 6.45) is 7.89. The summed E-state index contributed by atoms with van der Waals surface area (Å²) in [6.45, 7) is 1.10. The Morgan fingerprint density at radius 1 is 1.12 bits per heavy atom. The molecule has 1 amide bonds. The monoisotopic (exact) mass is 446 g/mol. The van der Waals surface area contributed by atoms with Crippen LogP contribution in [-0.2, 0) is 10.4 Å². The number of rotatable bonds is 8. The summed E-state index contributed by atoms with van der Waals surface area (Å²) in [6, 6.07) is 7.19. The Morgan fingerprint density at radius 2 is 1.84 bits per heavy atom. The molecule has 178 valence electrons. The van der Waals surface area contributed by atoms with E-state index < -0.39 is 23.1 Å². The van der Waals surface area contributed by atoms with Gasteiger partial charge in [0, 0.05) is 19.0 Å². The van der Waals surface area contributed by atoms with Gasteiger partial charge in [-0.25, -0.2) is 4.79 Å². The lowest BCUT2D eigenvalue weighted by atomic mass is 9.71. The van der Waals surface area contributed by atoms with E-state index in [4.69, 9.17) is 4.74 Å². The number of amides is 1. The molecule has 1 aromatic rings. The number of nitrogens with zero attached hydrogens (tertiary/aromatic N) is 1. The van der Waals surface area contributed by atoms with Crippen molar-refractivity contribution >= 4 is 12.1 Å². The van der Waals surface area contributed by atoms with Crippen molar-refractivity contribution in [2.24, 2.45) is 11.3 Å². The number of nitrogens with one attached hydrogen (secondary N) is 1. The fourth-order valence-corrected chi connectivity index (χ4v) is 5.56. The Labute approximate surface area is 191 Å². The molecule has 1 aromatic carbocycles. The lowest BCUT2D eigenvalue weighted by Crippen LogP contribution is -2.43. The van der Waals surface area contributed by atoms with Crippen LogP contribution in [-0.4, -0.2) is 54.4 Å². The Morgan fingerprint density at radius 3 is 2.53 bits per heavy atom. The molecule has 0 heterocycles. The molecule has 2 atom stereocenters. The van der Waals surface area contributed by atoms with Gasteiger partial charge < -0.3 is 25.2 Å². The summed E-state index contributed by atoms with van der Waals surface area (Å²) in [5.74, 6) is -0.321. The van der Waals surface area contributed by atoms with Gasteiger partial charge in [-0.05, 0) is 62.9 Å². The van der Waals surface area contributed by atoms with Crippen LogP contribution < -0.4 is 10.1 Å². The van der Waals surface area contributed by atoms with Crippen LogP contribution in [0, 0.1) is 11.3 Å². The van der Waals surface area contributed by atoms with Gasteiger partial charge in [0.1, 0.15) is 5.75 Å². The highest BCUT2D eigenvalue weighted by Crippen LogP contribution is 2.43. The predicted molar refractivity (Wildman–Crippen MR) is 123 cm³/mol. The lowest BCUT2D eigenvalue weighted by Gasteiger charge is -2.41. The maximum atomic E-state index is 12.5. The van der Waals surface area contributed by atoms with Crippen molar-refractivity contribution in [3.63, 3.8) is 0 Å². The maximum absolute atomic E-state index is 12.5. The highest BCUT2D eigenvalue weighted by molar-refractivity contribution is 5.71. The van der Waals surface area contributed by atoms with Crippen molar-refractivity contribution in [2.75, 3.05) is 27.2 Å². The van der Waals surface area contributed by atoms with Crippen LogP contribution in [0.4, 0.5) is 4.79 Å². The SMILES string of the molecule is CN(C)CC1CCCCC1(O)c1cccc(OC(=O)NCC2(CC(=O)O)CCCCC2)c1. The van der Waals surface area contributed by atoms with Gasteiger partial charge in [0.05, 0.1) is 12.0 Å². The van der Waals surface area contributed by atoms with E-state index in [1.807, 2.05) is 26.2 Å². The van der Waals surface area contributed by atoms with Crippen molar-refractivity contribution < 1.29 is 24.5 Å². The third-order valence-electron chi connectivity index (χ3n) is 7.21. The second-order valence-electron chi connectivity index (χ2n) is 10.0. The van der Waals surface area contributed by atoms with Crippen molar-refractivity contribution in [1.82, 2.24) is 10.2 Å². The minimum absolute atomic E-state index is 0.0586. The van der Waals surface area contributed by atoms with Gasteiger partial charge in [-0.1, -0.05) is 44.2 Å². The van der Waals surface area contributed by atoms with Crippen molar-refractivity contribution in [2.45, 2.75) is 69.8 Å². The molecular weight excluding hydrogens is 408 g/mol. The van der Waals surface area contributed by atoms with Crippen LogP contribution in [0.3, 0.4) is 0 Å². The summed E-state index contributed by atoms with van der Waals surface area (Å²) in [4.78, 5) is 26.0. The average Bonchev–Trinajstić information content (AvgIpc) is 2.74. The van der Waals surface area contributed by atoms with E-state index in [0.717, 1.165) is 63.5 Å². The number of ether oxygens (including phenoxy) is 1. The molecule has 2 aliphatic carbocycles. The molecule has 3 rings (SSSR count). The summed E-state index contributed by atoms with van der Waals surface area (Å²) in [7, 11) is 4.03. The molecule has 2 saturated carbocycles. The molecule has 0 aromatic heterocycles. The number of aliphatic carboxylic acids is 1. The molecule has 3 N–H and O–H groups in total. The summed E-state index contributed by atoms with van der Waals surface area (Å²) in [5.41, 5.74) is -0.558. The number of aliphatic hydroxyl groups is 1. The zero-order valence-corrected chi connectivity index (χ0v) is 19.4. The van der Waals surface area contributed by atoms with Gasteiger partial charge in [-0.3, -0.25) is 4.79 Å². The Kier molecular flexibility index (Phi) is 8.17. The van der Waals surface area contributed by atoms with Crippen molar-refractivity contribution in [3.05, 3.63) is 29.8 Å². The van der Waals surface area contributed by atoms with Crippen molar-refractivity contribution in [3.8, 4) is 5.75 Å². The normalized spacial score (nSPS) is 25.3. The quantitative estimate of drug-likeness (QED) is 0.555. The Bertz CT molecular complexity index is 790. The minimum atomic E-state index is -0.938. The summed E-state index contributed by atoms with van der Waals surface area (Å²) >= 11 is 0. The topological polar surface area (TPSA) is 99.1 Å². The molecule has 2 aliphatic rings. The molecule has 0 spiro atoms. The first-order chi connectivity index (χ1) is 15.2. The standard InChI is InChI=1S/C25H38N2O5/c1-27(2)17-20-9-4-7-14-25(20,31)19-10-8-11-21(15-19)32-23(30)26-18-24(16-22(28)29)12-5-3-6-13-24/h8,10-11,15,20,31H,3-7,9,12-14,16-18H2,1-2H3,(H,26,30)(H,28,29). The van der Waals surface area contributed by atoms with Crippen LogP contribution >= 0.6 is 0 Å². The molecule has 7 heteroatoms. The van der Waals surface area contributed by atoms with Gasteiger partial charge in [-0.15, -0.1) is 0 Å². The van der Waals surface area contributed by atoms with E-state index in [2.05, 4.69) is 10.2 Å². The van der Waals surface area contributed by atoms with E-state index in [1.165, 1.54) is 0 Å². The van der Waals surface area contributed by atoms with Gasteiger partial charge in [0.25, 0.3) is 0 Å². The number of carboxylic acids is 1. The summed E-state index contributed by atoms with van der Waals surface area (Å²) in [5, 5.41) is 23.7. The molecule has 0 bridgehead atoms. The summed E-state index contributed by atoms with van der Waals surface area (Å²) < 4.78 is 5.53. The van der Waals surface area contributed by atoms with Crippen LogP contribution in [0.2, 0.25) is 0 Å². The van der Waals surface area contributed by atoms with E-state index in [1.54, 1.807) is 12.1 Å². The fraction of sp³-hybridized carbons (Fsp3) is 0.680. The third kappa shape index (κ3) is 6.23. The number of hydrogen-bond donors (Lipinski definition) is 3. The number of carbonyl (C=O) groups is 2. The predicted octanol–water partition coefficient (Wildman–Crippen LogP) is 4.14. The zero-order valence-electron chi connectivity index (χ0n) is 19.4. The second-order valence-corrected chi connectivity index (χ2v) is 10.0. The van der Waals surface area contributed by atoms with Crippen LogP contribution in [0.1, 0.15) is 69.8 Å². The number of carbonyl (C=O) groups excluding carboxylic acids is 1. The van der Waals surface area contributed by atoms with Gasteiger partial charge in [0.15, 0.2) is 0 Å². The maximum Gasteiger partial charge on any atom is 0.412 e. The second kappa shape index (κ2) is 10.7. The molecule has 7 nitrogen and oxygen atoms in total. The number of benzene rings is 1. The fourth-order valence-electron chi connectivity index (χ4n) is 5.56. The van der Waals surface area contributed by atoms with Crippen LogP contribution in [0.5, 0.6) is 5.75 Å². The first-order valence-corrected chi connectivity index (χ1v) is 11.9. The van der Waals surface area contributed by atoms with E-state index in [-0.39, 0.29) is 12.3 Å². The molecule has 0 saturated heterocycles. The zero-order chi connectivity index (χ0) is 23.2. The Hall–Kier alpha value is -2.12. The largest absolute Gasteiger partial charge is 0.481 e. The highest BCUT2D eigenvalue weighted by atomic mass is 16.6. The molecule has 32 heavy (non-hydrogen) atoms. The van der Waals surface area contributed by atoms with Crippen LogP contribution in [0.15, 0.2) is 24.3 Å².